The van der Waals surface area contributed by atoms with Crippen LogP contribution >= 0.6 is 0 Å². The summed E-state index contributed by atoms with van der Waals surface area (Å²) in [6.07, 6.45) is 6.18. The van der Waals surface area contributed by atoms with Gasteiger partial charge in [-0.15, -0.1) is 0 Å². The van der Waals surface area contributed by atoms with Gasteiger partial charge in [-0.3, -0.25) is 4.79 Å². The predicted octanol–water partition coefficient (Wildman–Crippen LogP) is 0.149. The molecule has 2 aliphatic rings. The van der Waals surface area contributed by atoms with E-state index < -0.39 is 10.0 Å². The molecule has 1 unspecified atom stereocenters. The van der Waals surface area contributed by atoms with Crippen molar-refractivity contribution < 1.29 is 13.2 Å². The number of carbonyl (C=O) groups excluding carboxylic acids is 1. The lowest BCUT2D eigenvalue weighted by Gasteiger charge is -2.35. The summed E-state index contributed by atoms with van der Waals surface area (Å²) in [5.41, 5.74) is 5.77. The van der Waals surface area contributed by atoms with E-state index in [2.05, 4.69) is 4.72 Å². The van der Waals surface area contributed by atoms with Crippen molar-refractivity contribution >= 4 is 15.9 Å². The van der Waals surface area contributed by atoms with Crippen LogP contribution in [0.3, 0.4) is 0 Å². The average Bonchev–Trinajstić information content (AvgIpc) is 2.92. The van der Waals surface area contributed by atoms with Crippen molar-refractivity contribution in [3.63, 3.8) is 0 Å². The van der Waals surface area contributed by atoms with E-state index in [4.69, 9.17) is 5.73 Å². The average molecular weight is 317 g/mol. The minimum absolute atomic E-state index is 0.0802. The number of sulfonamides is 1. The molecule has 0 aromatic heterocycles. The summed E-state index contributed by atoms with van der Waals surface area (Å²) >= 11 is 0. The van der Waals surface area contributed by atoms with Gasteiger partial charge >= 0.3 is 0 Å². The topological polar surface area (TPSA) is 92.5 Å². The lowest BCUT2D eigenvalue weighted by Crippen LogP contribution is -2.46. The van der Waals surface area contributed by atoms with Gasteiger partial charge in [0.25, 0.3) is 0 Å². The fraction of sp³-hybridized carbons (Fsp3) is 0.929. The number of carbonyl (C=O) groups is 1. The Balaban J connectivity index is 1.89. The van der Waals surface area contributed by atoms with Gasteiger partial charge in [0.2, 0.25) is 15.9 Å². The predicted molar refractivity (Wildman–Crippen MR) is 82.0 cm³/mol. The van der Waals surface area contributed by atoms with Crippen LogP contribution in [-0.4, -0.2) is 51.7 Å². The van der Waals surface area contributed by atoms with E-state index in [-0.39, 0.29) is 17.7 Å². The smallest absolute Gasteiger partial charge is 0.226 e. The molecule has 2 fully saturated rings. The number of likely N-dealkylation sites (tertiary alicyclic amines) is 1. The third-order valence-corrected chi connectivity index (χ3v) is 5.43. The Hall–Kier alpha value is -0.660. The lowest BCUT2D eigenvalue weighted by molar-refractivity contribution is -0.138. The molecule has 3 N–H and O–H groups in total. The van der Waals surface area contributed by atoms with Crippen molar-refractivity contribution in [1.29, 1.82) is 0 Å². The molecular weight excluding hydrogens is 290 g/mol. The molecule has 6 nitrogen and oxygen atoms in total. The number of nitrogens with one attached hydrogen (secondary N) is 1. The van der Waals surface area contributed by atoms with Crippen molar-refractivity contribution in [3.8, 4) is 0 Å². The SMILES string of the molecule is CS(=O)(=O)NCC1CCCN(C(=O)[C@@H]2CCC[C@@H]2CN)C1. The van der Waals surface area contributed by atoms with Gasteiger partial charge in [-0.2, -0.15) is 0 Å². The highest BCUT2D eigenvalue weighted by Gasteiger charge is 2.36. The number of piperidine rings is 1. The zero-order chi connectivity index (χ0) is 15.5. The van der Waals surface area contributed by atoms with Crippen LogP contribution in [0.1, 0.15) is 32.1 Å². The monoisotopic (exact) mass is 317 g/mol. The molecule has 0 aromatic carbocycles. The van der Waals surface area contributed by atoms with Gasteiger partial charge in [-0.05, 0) is 44.1 Å². The van der Waals surface area contributed by atoms with Gasteiger partial charge in [-0.25, -0.2) is 13.1 Å². The molecule has 0 radical (unpaired) electrons. The summed E-state index contributed by atoms with van der Waals surface area (Å²) in [6, 6.07) is 0. The molecule has 0 aromatic rings. The minimum Gasteiger partial charge on any atom is -0.342 e. The Morgan fingerprint density at radius 1 is 1.29 bits per heavy atom. The van der Waals surface area contributed by atoms with E-state index in [9.17, 15) is 13.2 Å². The van der Waals surface area contributed by atoms with Gasteiger partial charge in [0.05, 0.1) is 6.26 Å². The van der Waals surface area contributed by atoms with Crippen LogP contribution in [0.5, 0.6) is 0 Å². The quantitative estimate of drug-likeness (QED) is 0.755. The van der Waals surface area contributed by atoms with Gasteiger partial charge in [-0.1, -0.05) is 6.42 Å². The Morgan fingerprint density at radius 3 is 2.71 bits per heavy atom. The summed E-state index contributed by atoms with van der Waals surface area (Å²) < 4.78 is 24.9. The van der Waals surface area contributed by atoms with Crippen molar-refractivity contribution in [2.24, 2.45) is 23.5 Å². The molecule has 21 heavy (non-hydrogen) atoms. The summed E-state index contributed by atoms with van der Waals surface area (Å²) in [4.78, 5) is 14.6. The van der Waals surface area contributed by atoms with Crippen LogP contribution in [0.25, 0.3) is 0 Å². The Labute approximate surface area is 127 Å². The highest BCUT2D eigenvalue weighted by molar-refractivity contribution is 7.88. The first-order chi connectivity index (χ1) is 9.90. The molecule has 7 heteroatoms. The van der Waals surface area contributed by atoms with E-state index >= 15 is 0 Å². The standard InChI is InChI=1S/C14H27N3O3S/c1-21(19,20)16-9-11-4-3-7-17(10-11)14(18)13-6-2-5-12(13)8-15/h11-13,16H,2-10,15H2,1H3/t11?,12-,13-/m1/s1. The Morgan fingerprint density at radius 2 is 2.05 bits per heavy atom. The maximum atomic E-state index is 12.6. The van der Waals surface area contributed by atoms with E-state index in [0.717, 1.165) is 38.6 Å². The number of nitrogens with two attached hydrogens (primary N) is 1. The maximum absolute atomic E-state index is 12.6. The van der Waals surface area contributed by atoms with Crippen LogP contribution in [0.4, 0.5) is 0 Å². The van der Waals surface area contributed by atoms with Crippen LogP contribution in [-0.2, 0) is 14.8 Å². The van der Waals surface area contributed by atoms with Crippen molar-refractivity contribution in [3.05, 3.63) is 0 Å². The molecule has 2 rings (SSSR count). The minimum atomic E-state index is -3.16. The Kier molecular flexibility index (Phi) is 5.62. The number of amides is 1. The summed E-state index contributed by atoms with van der Waals surface area (Å²) in [6.45, 7) is 2.47. The highest BCUT2D eigenvalue weighted by Crippen LogP contribution is 2.33. The second kappa shape index (κ2) is 7.07. The zero-order valence-corrected chi connectivity index (χ0v) is 13.6. The summed E-state index contributed by atoms with van der Waals surface area (Å²) in [5.74, 6) is 0.853. The van der Waals surface area contributed by atoms with Crippen LogP contribution < -0.4 is 10.5 Å². The molecule has 0 bridgehead atoms. The van der Waals surface area contributed by atoms with E-state index in [0.29, 0.717) is 25.6 Å². The molecule has 1 heterocycles. The normalized spacial score (nSPS) is 30.6. The molecule has 0 spiro atoms. The third-order valence-electron chi connectivity index (χ3n) is 4.74. The Bertz CT molecular complexity index is 466. The largest absolute Gasteiger partial charge is 0.342 e. The molecule has 3 atom stereocenters. The number of hydrogen-bond donors (Lipinski definition) is 2. The van der Waals surface area contributed by atoms with Crippen LogP contribution in [0.15, 0.2) is 0 Å². The van der Waals surface area contributed by atoms with E-state index in [1.165, 1.54) is 6.26 Å². The second-order valence-electron chi connectivity index (χ2n) is 6.45. The zero-order valence-electron chi connectivity index (χ0n) is 12.8. The molecule has 122 valence electrons. The summed E-state index contributed by atoms with van der Waals surface area (Å²) in [7, 11) is -3.16. The lowest BCUT2D eigenvalue weighted by atomic mass is 9.92. The van der Waals surface area contributed by atoms with Crippen molar-refractivity contribution in [2.75, 3.05) is 32.4 Å². The molecule has 1 saturated carbocycles. The molecule has 1 aliphatic heterocycles. The van der Waals surface area contributed by atoms with Gasteiger partial charge in [0.1, 0.15) is 0 Å². The second-order valence-corrected chi connectivity index (χ2v) is 8.28. The number of nitrogens with zero attached hydrogens (tertiary/aromatic N) is 1. The molecule has 1 aliphatic carbocycles. The van der Waals surface area contributed by atoms with Crippen LogP contribution in [0.2, 0.25) is 0 Å². The van der Waals surface area contributed by atoms with Gasteiger partial charge in [0, 0.05) is 25.6 Å². The van der Waals surface area contributed by atoms with Crippen molar-refractivity contribution in [1.82, 2.24) is 9.62 Å². The maximum Gasteiger partial charge on any atom is 0.226 e. The first kappa shape index (κ1) is 16.7. The highest BCUT2D eigenvalue weighted by atomic mass is 32.2. The summed E-state index contributed by atoms with van der Waals surface area (Å²) in [5, 5.41) is 0. The van der Waals surface area contributed by atoms with Crippen molar-refractivity contribution in [2.45, 2.75) is 32.1 Å². The fourth-order valence-corrected chi connectivity index (χ4v) is 4.12. The van der Waals surface area contributed by atoms with Crippen LogP contribution in [0, 0.1) is 17.8 Å². The van der Waals surface area contributed by atoms with Gasteiger partial charge in [0.15, 0.2) is 0 Å². The number of rotatable bonds is 5. The first-order valence-electron chi connectivity index (χ1n) is 7.84. The molecular formula is C14H27N3O3S. The van der Waals surface area contributed by atoms with E-state index in [1.807, 2.05) is 4.90 Å². The fourth-order valence-electron chi connectivity index (χ4n) is 3.58. The van der Waals surface area contributed by atoms with Gasteiger partial charge < -0.3 is 10.6 Å². The van der Waals surface area contributed by atoms with E-state index in [1.54, 1.807) is 0 Å². The molecule has 1 amide bonds. The molecule has 1 saturated heterocycles. The number of hydrogen-bond acceptors (Lipinski definition) is 4. The first-order valence-corrected chi connectivity index (χ1v) is 9.73. The third kappa shape index (κ3) is 4.66.